The van der Waals surface area contributed by atoms with Crippen LogP contribution in [0.1, 0.15) is 80.7 Å². The maximum Gasteiger partial charge on any atom is 0.522 e. The van der Waals surface area contributed by atoms with Crippen LogP contribution < -0.4 is 10.6 Å². The van der Waals surface area contributed by atoms with E-state index in [1.165, 1.54) is 13.1 Å². The molecule has 4 aliphatic carbocycles. The average molecular weight is 557 g/mol. The smallest absolute Gasteiger partial charge is 0.443 e. The molecule has 2 N–H and O–H groups in total. The number of rotatable bonds is 7. The van der Waals surface area contributed by atoms with E-state index in [1.807, 2.05) is 20.8 Å². The van der Waals surface area contributed by atoms with Gasteiger partial charge >= 0.3 is 12.5 Å². The highest BCUT2D eigenvalue weighted by atomic mass is 19.4. The van der Waals surface area contributed by atoms with E-state index in [-0.39, 0.29) is 35.7 Å². The Morgan fingerprint density at radius 3 is 2.41 bits per heavy atom. The molecular formula is C25H32F4N6O4. The molecule has 0 spiro atoms. The number of alkyl halides is 4. The van der Waals surface area contributed by atoms with Crippen molar-refractivity contribution in [2.45, 2.75) is 95.1 Å². The zero-order chi connectivity index (χ0) is 28.3. The van der Waals surface area contributed by atoms with Gasteiger partial charge in [0.15, 0.2) is 0 Å². The lowest BCUT2D eigenvalue weighted by Crippen LogP contribution is -2.68. The van der Waals surface area contributed by atoms with Crippen molar-refractivity contribution in [3.63, 3.8) is 0 Å². The molecule has 0 radical (unpaired) electrons. The van der Waals surface area contributed by atoms with E-state index < -0.39 is 42.8 Å². The standard InChI is InChI=1S/C25H32F4N6O4/c1-23(2,3)35-20(30-21(36)18-7-15(32-34(18)4)12-38-25(27,28)29)8-17(33-35)14-5-16(26)19(6-14)39-22(37)31-24-9-13(10-24)11-24/h7-8,13-14,16,19H,5-6,9-12H2,1-4H3,(H,30,36)(H,31,37). The van der Waals surface area contributed by atoms with Crippen molar-refractivity contribution >= 4 is 17.8 Å². The van der Waals surface area contributed by atoms with Crippen LogP contribution in [0.15, 0.2) is 12.1 Å². The van der Waals surface area contributed by atoms with Crippen molar-refractivity contribution in [2.24, 2.45) is 13.0 Å². The summed E-state index contributed by atoms with van der Waals surface area (Å²) in [6.07, 6.45) is -4.43. The summed E-state index contributed by atoms with van der Waals surface area (Å²) in [5, 5.41) is 14.2. The first-order chi connectivity index (χ1) is 18.1. The lowest BCUT2D eigenvalue weighted by atomic mass is 9.50. The minimum atomic E-state index is -4.82. The molecule has 3 atom stereocenters. The summed E-state index contributed by atoms with van der Waals surface area (Å²) in [5.41, 5.74) is -0.228. The van der Waals surface area contributed by atoms with Gasteiger partial charge in [-0.15, -0.1) is 13.2 Å². The molecule has 6 rings (SSSR count). The highest BCUT2D eigenvalue weighted by Gasteiger charge is 2.58. The first-order valence-corrected chi connectivity index (χ1v) is 12.9. The first kappa shape index (κ1) is 27.4. The molecule has 4 aliphatic rings. The van der Waals surface area contributed by atoms with Crippen LogP contribution in [0.2, 0.25) is 0 Å². The van der Waals surface area contributed by atoms with Crippen molar-refractivity contribution in [3.05, 3.63) is 29.2 Å². The quantitative estimate of drug-likeness (QED) is 0.485. The van der Waals surface area contributed by atoms with Crippen LogP contribution in [0, 0.1) is 5.92 Å². The van der Waals surface area contributed by atoms with E-state index >= 15 is 0 Å². The lowest BCUT2D eigenvalue weighted by molar-refractivity contribution is -0.330. The number of aromatic nitrogens is 4. The van der Waals surface area contributed by atoms with Crippen molar-refractivity contribution in [1.29, 1.82) is 0 Å². The third kappa shape index (κ3) is 5.75. The van der Waals surface area contributed by atoms with Gasteiger partial charge in [0, 0.05) is 24.6 Å². The van der Waals surface area contributed by atoms with Gasteiger partial charge in [0.05, 0.1) is 16.9 Å². The predicted molar refractivity (Wildman–Crippen MR) is 130 cm³/mol. The van der Waals surface area contributed by atoms with E-state index in [9.17, 15) is 27.2 Å². The number of anilines is 1. The van der Waals surface area contributed by atoms with Crippen LogP contribution in [-0.2, 0) is 28.7 Å². The predicted octanol–water partition coefficient (Wildman–Crippen LogP) is 4.52. The molecule has 4 fully saturated rings. The Bertz CT molecular complexity index is 1250. The number of carbonyl (C=O) groups excluding carboxylic acids is 2. The number of ether oxygens (including phenoxy) is 2. The summed E-state index contributed by atoms with van der Waals surface area (Å²) in [5.74, 6) is 0.0697. The van der Waals surface area contributed by atoms with Gasteiger partial charge in [-0.3, -0.25) is 14.2 Å². The molecule has 0 aliphatic heterocycles. The Kier molecular flexibility index (Phi) is 6.67. The molecule has 2 heterocycles. The number of hydrogen-bond acceptors (Lipinski definition) is 6. The molecule has 2 aromatic heterocycles. The number of hydrogen-bond donors (Lipinski definition) is 2. The molecule has 39 heavy (non-hydrogen) atoms. The van der Waals surface area contributed by atoms with Crippen molar-refractivity contribution < 1.29 is 36.6 Å². The van der Waals surface area contributed by atoms with Gasteiger partial charge < -0.3 is 15.4 Å². The van der Waals surface area contributed by atoms with Gasteiger partial charge in [0.1, 0.15) is 30.4 Å². The number of nitrogens with one attached hydrogen (secondary N) is 2. The van der Waals surface area contributed by atoms with Crippen LogP contribution >= 0.6 is 0 Å². The van der Waals surface area contributed by atoms with Crippen LogP contribution in [-0.4, -0.2) is 55.7 Å². The molecule has 0 saturated heterocycles. The maximum atomic E-state index is 14.9. The van der Waals surface area contributed by atoms with Gasteiger partial charge in [-0.05, 0) is 64.9 Å². The second-order valence-corrected chi connectivity index (χ2v) is 11.9. The zero-order valence-corrected chi connectivity index (χ0v) is 22.1. The van der Waals surface area contributed by atoms with Gasteiger partial charge in [-0.1, -0.05) is 0 Å². The Morgan fingerprint density at radius 2 is 1.82 bits per heavy atom. The number of nitrogens with zero attached hydrogens (tertiary/aromatic N) is 4. The van der Waals surface area contributed by atoms with E-state index in [0.29, 0.717) is 17.4 Å². The summed E-state index contributed by atoms with van der Waals surface area (Å²) in [6, 6.07) is 2.86. The Labute approximate surface area is 222 Å². The van der Waals surface area contributed by atoms with E-state index in [2.05, 4.69) is 25.6 Å². The monoisotopic (exact) mass is 556 g/mol. The van der Waals surface area contributed by atoms with Gasteiger partial charge in [-0.25, -0.2) is 13.9 Å². The molecule has 2 aromatic rings. The van der Waals surface area contributed by atoms with Crippen molar-refractivity contribution in [1.82, 2.24) is 24.9 Å². The SMILES string of the molecule is Cn1nc(COC(F)(F)F)cc1C(=O)Nc1cc(C2CC(F)C(OC(=O)NC34CC(C3)C4)C2)nn1C(C)(C)C. The molecule has 10 nitrogen and oxygen atoms in total. The van der Waals surface area contributed by atoms with Crippen molar-refractivity contribution in [3.8, 4) is 0 Å². The maximum absolute atomic E-state index is 14.9. The minimum Gasteiger partial charge on any atom is -0.443 e. The van der Waals surface area contributed by atoms with Gasteiger partial charge in [-0.2, -0.15) is 10.2 Å². The normalized spacial score (nSPS) is 28.0. The summed E-state index contributed by atoms with van der Waals surface area (Å²) in [6.45, 7) is 4.81. The zero-order valence-electron chi connectivity index (χ0n) is 22.1. The number of aryl methyl sites for hydroxylation is 1. The fourth-order valence-corrected chi connectivity index (χ4v) is 5.67. The van der Waals surface area contributed by atoms with Gasteiger partial charge in [0.2, 0.25) is 0 Å². The fourth-order valence-electron chi connectivity index (χ4n) is 5.67. The van der Waals surface area contributed by atoms with Crippen LogP contribution in [0.5, 0.6) is 0 Å². The molecule has 14 heteroatoms. The summed E-state index contributed by atoms with van der Waals surface area (Å²) in [4.78, 5) is 25.4. The lowest BCUT2D eigenvalue weighted by Gasteiger charge is -2.61. The second-order valence-electron chi connectivity index (χ2n) is 11.9. The average Bonchev–Trinajstić information content (AvgIpc) is 3.45. The number of halogens is 4. The second kappa shape index (κ2) is 9.49. The Balaban J connectivity index is 1.27. The summed E-state index contributed by atoms with van der Waals surface area (Å²) >= 11 is 0. The van der Waals surface area contributed by atoms with E-state index in [4.69, 9.17) is 4.74 Å². The number of amides is 2. The minimum absolute atomic E-state index is 0.0202. The summed E-state index contributed by atoms with van der Waals surface area (Å²) < 4.78 is 64.0. The first-order valence-electron chi connectivity index (χ1n) is 12.9. The molecule has 0 aromatic carbocycles. The highest BCUT2D eigenvalue weighted by Crippen LogP contribution is 2.57. The molecule has 4 saturated carbocycles. The molecular weight excluding hydrogens is 524 g/mol. The third-order valence-electron chi connectivity index (χ3n) is 7.66. The van der Waals surface area contributed by atoms with E-state index in [1.54, 1.807) is 10.7 Å². The molecule has 2 amide bonds. The van der Waals surface area contributed by atoms with Crippen LogP contribution in [0.25, 0.3) is 0 Å². The van der Waals surface area contributed by atoms with Crippen molar-refractivity contribution in [2.75, 3.05) is 5.32 Å². The topological polar surface area (TPSA) is 112 Å². The number of alkyl carbamates (subject to hydrolysis) is 1. The van der Waals surface area contributed by atoms with Crippen LogP contribution in [0.4, 0.5) is 28.2 Å². The Morgan fingerprint density at radius 1 is 1.13 bits per heavy atom. The molecule has 214 valence electrons. The van der Waals surface area contributed by atoms with Crippen LogP contribution in [0.3, 0.4) is 0 Å². The Hall–Kier alpha value is -3.16. The van der Waals surface area contributed by atoms with E-state index in [0.717, 1.165) is 23.9 Å². The summed E-state index contributed by atoms with van der Waals surface area (Å²) in [7, 11) is 1.43. The molecule has 2 bridgehead atoms. The molecule has 3 unspecified atom stereocenters. The highest BCUT2D eigenvalue weighted by molar-refractivity contribution is 6.02. The fraction of sp³-hybridized carbons (Fsp3) is 0.680. The largest absolute Gasteiger partial charge is 0.522 e. The number of carbonyl (C=O) groups is 2. The third-order valence-corrected chi connectivity index (χ3v) is 7.66. The van der Waals surface area contributed by atoms with Gasteiger partial charge in [0.25, 0.3) is 5.91 Å².